The Morgan fingerprint density at radius 1 is 1.13 bits per heavy atom. The fourth-order valence-electron chi connectivity index (χ4n) is 2.82. The average molecular weight is 457 g/mol. The van der Waals surface area contributed by atoms with Gasteiger partial charge in [-0.15, -0.1) is 0 Å². The lowest BCUT2D eigenvalue weighted by molar-refractivity contribution is -0.115. The number of aromatic nitrogens is 1. The predicted octanol–water partition coefficient (Wildman–Crippen LogP) is 2.42. The fourth-order valence-corrected chi connectivity index (χ4v) is 4.98. The zero-order valence-corrected chi connectivity index (χ0v) is 18.1. The van der Waals surface area contributed by atoms with Crippen molar-refractivity contribution in [2.24, 2.45) is 0 Å². The third-order valence-corrected chi connectivity index (χ3v) is 7.60. The van der Waals surface area contributed by atoms with Gasteiger partial charge in [-0.3, -0.25) is 4.79 Å². The first-order valence-corrected chi connectivity index (χ1v) is 11.6. The van der Waals surface area contributed by atoms with E-state index in [1.54, 1.807) is 13.0 Å². The van der Waals surface area contributed by atoms with E-state index in [1.807, 2.05) is 7.05 Å². The van der Waals surface area contributed by atoms with E-state index in [2.05, 4.69) is 15.2 Å². The molecule has 0 radical (unpaired) electrons. The highest BCUT2D eigenvalue weighted by Crippen LogP contribution is 2.25. The second-order valence-corrected chi connectivity index (χ2v) is 10.2. The van der Waals surface area contributed by atoms with Crippen LogP contribution in [0.2, 0.25) is 0 Å². The van der Waals surface area contributed by atoms with Gasteiger partial charge in [0.1, 0.15) is 4.90 Å². The van der Waals surface area contributed by atoms with Crippen LogP contribution in [0.4, 0.5) is 14.5 Å². The molecule has 1 aromatic heterocycles. The van der Waals surface area contributed by atoms with Gasteiger partial charge in [-0.1, -0.05) is 11.8 Å². The van der Waals surface area contributed by atoms with Crippen molar-refractivity contribution in [3.63, 3.8) is 0 Å². The standard InChI is InChI=1S/C19H22F2N4O3S2/c1-13(19(26)23-14-3-5-16(20)17(21)11-14)29-18-6-4-15(12-22-18)30(27,28)25-9-7-24(2)8-10-25/h3-6,11-13H,7-10H2,1-2H3,(H,23,26). The van der Waals surface area contributed by atoms with E-state index < -0.39 is 32.8 Å². The van der Waals surface area contributed by atoms with Crippen LogP contribution in [0, 0.1) is 11.6 Å². The molecule has 1 unspecified atom stereocenters. The van der Waals surface area contributed by atoms with Gasteiger partial charge in [0, 0.05) is 44.1 Å². The van der Waals surface area contributed by atoms with Gasteiger partial charge in [-0.05, 0) is 38.2 Å². The molecule has 7 nitrogen and oxygen atoms in total. The second-order valence-electron chi connectivity index (χ2n) is 6.92. The highest BCUT2D eigenvalue weighted by molar-refractivity contribution is 8.00. The third kappa shape index (κ3) is 5.34. The maximum absolute atomic E-state index is 13.3. The number of sulfonamides is 1. The highest BCUT2D eigenvalue weighted by atomic mass is 32.2. The van der Waals surface area contributed by atoms with Crippen LogP contribution in [0.1, 0.15) is 6.92 Å². The van der Waals surface area contributed by atoms with Gasteiger partial charge >= 0.3 is 0 Å². The molecule has 2 aromatic rings. The van der Waals surface area contributed by atoms with E-state index in [-0.39, 0.29) is 10.6 Å². The number of rotatable bonds is 6. The molecule has 0 bridgehead atoms. The molecule has 1 atom stereocenters. The van der Waals surface area contributed by atoms with E-state index >= 15 is 0 Å². The number of anilines is 1. The normalized spacial score (nSPS) is 16.9. The molecule has 1 aliphatic rings. The summed E-state index contributed by atoms with van der Waals surface area (Å²) < 4.78 is 53.2. The summed E-state index contributed by atoms with van der Waals surface area (Å²) in [6, 6.07) is 6.13. The molecule has 0 aliphatic carbocycles. The number of piperazine rings is 1. The monoisotopic (exact) mass is 456 g/mol. The molecular formula is C19H22F2N4O3S2. The molecule has 30 heavy (non-hydrogen) atoms. The lowest BCUT2D eigenvalue weighted by Crippen LogP contribution is -2.47. The number of pyridine rings is 1. The fraction of sp³-hybridized carbons (Fsp3) is 0.368. The van der Waals surface area contributed by atoms with Gasteiger partial charge in [0.15, 0.2) is 11.6 Å². The van der Waals surface area contributed by atoms with Crippen molar-refractivity contribution in [2.45, 2.75) is 22.1 Å². The molecular weight excluding hydrogens is 434 g/mol. The third-order valence-electron chi connectivity index (χ3n) is 4.66. The SMILES string of the molecule is CC(Sc1ccc(S(=O)(=O)N2CCN(C)CC2)cn1)C(=O)Nc1ccc(F)c(F)c1. The highest BCUT2D eigenvalue weighted by Gasteiger charge is 2.27. The molecule has 0 spiro atoms. The Balaban J connectivity index is 1.61. The summed E-state index contributed by atoms with van der Waals surface area (Å²) in [7, 11) is -1.66. The maximum atomic E-state index is 13.3. The van der Waals surface area contributed by atoms with E-state index in [4.69, 9.17) is 0 Å². The molecule has 1 N–H and O–H groups in total. The van der Waals surface area contributed by atoms with Crippen molar-refractivity contribution in [1.82, 2.24) is 14.2 Å². The summed E-state index contributed by atoms with van der Waals surface area (Å²) in [5.74, 6) is -2.46. The average Bonchev–Trinajstić information content (AvgIpc) is 2.71. The van der Waals surface area contributed by atoms with E-state index in [0.717, 1.165) is 23.9 Å². The van der Waals surface area contributed by atoms with Crippen molar-refractivity contribution in [1.29, 1.82) is 0 Å². The largest absolute Gasteiger partial charge is 0.325 e. The number of nitrogens with one attached hydrogen (secondary N) is 1. The first kappa shape index (κ1) is 22.6. The number of nitrogens with zero attached hydrogens (tertiary/aromatic N) is 3. The number of carbonyl (C=O) groups excluding carboxylic acids is 1. The molecule has 1 saturated heterocycles. The van der Waals surface area contributed by atoms with Crippen LogP contribution >= 0.6 is 11.8 Å². The molecule has 2 heterocycles. The molecule has 3 rings (SSSR count). The van der Waals surface area contributed by atoms with Gasteiger partial charge in [0.25, 0.3) is 0 Å². The summed E-state index contributed by atoms with van der Waals surface area (Å²) >= 11 is 1.13. The van der Waals surface area contributed by atoms with Crippen molar-refractivity contribution < 1.29 is 22.0 Å². The van der Waals surface area contributed by atoms with Gasteiger partial charge in [-0.25, -0.2) is 22.2 Å². The Morgan fingerprint density at radius 3 is 2.43 bits per heavy atom. The van der Waals surface area contributed by atoms with E-state index in [0.29, 0.717) is 31.2 Å². The van der Waals surface area contributed by atoms with Crippen molar-refractivity contribution in [3.05, 3.63) is 48.2 Å². The van der Waals surface area contributed by atoms with Crippen LogP contribution in [-0.4, -0.2) is 67.0 Å². The Hall–Kier alpha value is -2.08. The Bertz CT molecular complexity index is 1010. The summed E-state index contributed by atoms with van der Waals surface area (Å²) in [6.07, 6.45) is 1.29. The summed E-state index contributed by atoms with van der Waals surface area (Å²) in [5, 5.41) is 2.39. The number of hydrogen-bond donors (Lipinski definition) is 1. The zero-order chi connectivity index (χ0) is 21.9. The minimum atomic E-state index is -3.61. The van der Waals surface area contributed by atoms with Crippen LogP contribution in [0.3, 0.4) is 0 Å². The molecule has 1 fully saturated rings. The van der Waals surface area contributed by atoms with Crippen LogP contribution in [0.5, 0.6) is 0 Å². The number of carbonyl (C=O) groups is 1. The molecule has 0 saturated carbocycles. The minimum Gasteiger partial charge on any atom is -0.325 e. The van der Waals surface area contributed by atoms with Gasteiger partial charge in [0.05, 0.1) is 10.3 Å². The maximum Gasteiger partial charge on any atom is 0.244 e. The summed E-state index contributed by atoms with van der Waals surface area (Å²) in [6.45, 7) is 3.83. The van der Waals surface area contributed by atoms with Crippen LogP contribution in [-0.2, 0) is 14.8 Å². The lowest BCUT2D eigenvalue weighted by atomic mass is 10.3. The number of benzene rings is 1. The Labute approximate surface area is 178 Å². The minimum absolute atomic E-state index is 0.107. The van der Waals surface area contributed by atoms with E-state index in [9.17, 15) is 22.0 Å². The number of amides is 1. The number of hydrogen-bond acceptors (Lipinski definition) is 6. The number of likely N-dealkylation sites (N-methyl/N-ethyl adjacent to an activating group) is 1. The second kappa shape index (κ2) is 9.38. The Kier molecular flexibility index (Phi) is 7.06. The lowest BCUT2D eigenvalue weighted by Gasteiger charge is -2.31. The molecule has 1 aliphatic heterocycles. The van der Waals surface area contributed by atoms with Crippen molar-refractivity contribution in [2.75, 3.05) is 38.5 Å². The van der Waals surface area contributed by atoms with Gasteiger partial charge in [-0.2, -0.15) is 4.31 Å². The topological polar surface area (TPSA) is 82.6 Å². The van der Waals surface area contributed by atoms with E-state index in [1.165, 1.54) is 22.6 Å². The number of thioether (sulfide) groups is 1. The van der Waals surface area contributed by atoms with Crippen molar-refractivity contribution in [3.8, 4) is 0 Å². The van der Waals surface area contributed by atoms with Crippen LogP contribution in [0.25, 0.3) is 0 Å². The molecule has 11 heteroatoms. The molecule has 162 valence electrons. The molecule has 1 amide bonds. The predicted molar refractivity (Wildman–Crippen MR) is 111 cm³/mol. The van der Waals surface area contributed by atoms with Crippen LogP contribution < -0.4 is 5.32 Å². The Morgan fingerprint density at radius 2 is 1.83 bits per heavy atom. The van der Waals surface area contributed by atoms with Crippen LogP contribution in [0.15, 0.2) is 46.5 Å². The zero-order valence-electron chi connectivity index (χ0n) is 16.5. The number of halogens is 2. The summed E-state index contributed by atoms with van der Waals surface area (Å²) in [4.78, 5) is 18.6. The van der Waals surface area contributed by atoms with Gasteiger partial charge in [0.2, 0.25) is 15.9 Å². The quantitative estimate of drug-likeness (QED) is 0.673. The first-order chi connectivity index (χ1) is 14.2. The molecule has 1 aromatic carbocycles. The smallest absolute Gasteiger partial charge is 0.244 e. The van der Waals surface area contributed by atoms with Gasteiger partial charge < -0.3 is 10.2 Å². The van der Waals surface area contributed by atoms with Crippen molar-refractivity contribution >= 4 is 33.4 Å². The summed E-state index contributed by atoms with van der Waals surface area (Å²) in [5.41, 5.74) is 0.146. The first-order valence-electron chi connectivity index (χ1n) is 9.24.